The average molecular weight is 443 g/mol. The Morgan fingerprint density at radius 1 is 1.00 bits per heavy atom. The van der Waals surface area contributed by atoms with Gasteiger partial charge in [-0.3, -0.25) is 4.79 Å². The number of halogens is 1. The van der Waals surface area contributed by atoms with Gasteiger partial charge in [0.2, 0.25) is 5.89 Å². The molecule has 2 heterocycles. The van der Waals surface area contributed by atoms with Crippen molar-refractivity contribution in [2.24, 2.45) is 0 Å². The third kappa shape index (κ3) is 3.88. The zero-order chi connectivity index (χ0) is 22.1. The number of amides is 1. The van der Waals surface area contributed by atoms with Crippen molar-refractivity contribution in [3.05, 3.63) is 101 Å². The van der Waals surface area contributed by atoms with Crippen LogP contribution in [0.15, 0.2) is 83.3 Å². The van der Waals surface area contributed by atoms with Gasteiger partial charge in [0, 0.05) is 11.3 Å². The first-order valence-electron chi connectivity index (χ1n) is 10.1. The van der Waals surface area contributed by atoms with Gasteiger partial charge < -0.3 is 9.73 Å². The predicted molar refractivity (Wildman–Crippen MR) is 125 cm³/mol. The molecule has 3 aromatic carbocycles. The molecule has 0 aliphatic rings. The second-order valence-corrected chi connectivity index (χ2v) is 7.77. The Balaban J connectivity index is 1.34. The van der Waals surface area contributed by atoms with Crippen molar-refractivity contribution in [2.45, 2.75) is 13.5 Å². The van der Waals surface area contributed by atoms with Crippen molar-refractivity contribution in [1.82, 2.24) is 14.8 Å². The van der Waals surface area contributed by atoms with Gasteiger partial charge in [0.05, 0.1) is 17.8 Å². The van der Waals surface area contributed by atoms with Gasteiger partial charge in [-0.25, -0.2) is 9.67 Å². The Bertz CT molecular complexity index is 1370. The summed E-state index contributed by atoms with van der Waals surface area (Å²) in [6.07, 6.45) is 0. The van der Waals surface area contributed by atoms with Crippen LogP contribution in [-0.2, 0) is 6.54 Å². The minimum atomic E-state index is -0.304. The van der Waals surface area contributed by atoms with Crippen LogP contribution in [0.1, 0.15) is 21.6 Å². The van der Waals surface area contributed by atoms with Crippen LogP contribution in [0.3, 0.4) is 0 Å². The van der Waals surface area contributed by atoms with E-state index in [0.717, 1.165) is 22.2 Å². The Labute approximate surface area is 189 Å². The fourth-order valence-corrected chi connectivity index (χ4v) is 3.88. The zero-order valence-electron chi connectivity index (χ0n) is 17.2. The van der Waals surface area contributed by atoms with Crippen molar-refractivity contribution in [3.63, 3.8) is 0 Å². The van der Waals surface area contributed by atoms with Crippen LogP contribution in [0.5, 0.6) is 0 Å². The number of carbonyl (C=O) groups is 1. The predicted octanol–water partition coefficient (Wildman–Crippen LogP) is 5.95. The minimum absolute atomic E-state index is 0.304. The third-order valence-corrected chi connectivity index (χ3v) is 5.54. The van der Waals surface area contributed by atoms with Gasteiger partial charge in [-0.15, -0.1) is 0 Å². The van der Waals surface area contributed by atoms with E-state index < -0.39 is 0 Å². The lowest BCUT2D eigenvalue weighted by Crippen LogP contribution is -2.13. The van der Waals surface area contributed by atoms with Crippen LogP contribution in [0.2, 0.25) is 5.15 Å². The molecule has 6 nitrogen and oxygen atoms in total. The maximum Gasteiger partial charge on any atom is 0.260 e. The van der Waals surface area contributed by atoms with E-state index in [9.17, 15) is 4.79 Å². The quantitative estimate of drug-likeness (QED) is 0.365. The Hall–Kier alpha value is -3.90. The van der Waals surface area contributed by atoms with Gasteiger partial charge in [-0.05, 0) is 48.9 Å². The van der Waals surface area contributed by atoms with Gasteiger partial charge >= 0.3 is 0 Å². The van der Waals surface area contributed by atoms with Crippen molar-refractivity contribution < 1.29 is 9.21 Å². The second kappa shape index (κ2) is 8.32. The maximum absolute atomic E-state index is 12.9. The monoisotopic (exact) mass is 442 g/mol. The Kier molecular flexibility index (Phi) is 5.21. The summed E-state index contributed by atoms with van der Waals surface area (Å²) in [6.45, 7) is 2.27. The second-order valence-electron chi connectivity index (χ2n) is 7.41. The lowest BCUT2D eigenvalue weighted by molar-refractivity contribution is 0.102. The topological polar surface area (TPSA) is 73.0 Å². The molecule has 0 fully saturated rings. The number of hydrogen-bond donors (Lipinski definition) is 1. The molecule has 0 radical (unpaired) electrons. The molecule has 1 amide bonds. The van der Waals surface area contributed by atoms with E-state index in [1.165, 1.54) is 0 Å². The van der Waals surface area contributed by atoms with Crippen LogP contribution < -0.4 is 5.32 Å². The molecule has 7 heteroatoms. The summed E-state index contributed by atoms with van der Waals surface area (Å²) in [7, 11) is 0. The highest BCUT2D eigenvalue weighted by Crippen LogP contribution is 2.26. The van der Waals surface area contributed by atoms with E-state index in [4.69, 9.17) is 16.0 Å². The molecule has 0 atom stereocenters. The molecule has 32 heavy (non-hydrogen) atoms. The number of anilines is 1. The average Bonchev–Trinajstić information content (AvgIpc) is 3.35. The van der Waals surface area contributed by atoms with Gasteiger partial charge in [0.25, 0.3) is 5.91 Å². The maximum atomic E-state index is 12.9. The number of para-hydroxylation sites is 2. The van der Waals surface area contributed by atoms with E-state index in [-0.39, 0.29) is 5.91 Å². The van der Waals surface area contributed by atoms with Crippen LogP contribution in [0, 0.1) is 6.92 Å². The number of nitrogens with one attached hydrogen (secondary N) is 1. The Morgan fingerprint density at radius 3 is 2.47 bits per heavy atom. The van der Waals surface area contributed by atoms with Gasteiger partial charge in [-0.1, -0.05) is 54.1 Å². The van der Waals surface area contributed by atoms with E-state index >= 15 is 0 Å². The van der Waals surface area contributed by atoms with Crippen molar-refractivity contribution in [1.29, 1.82) is 0 Å². The number of hydrogen-bond acceptors (Lipinski definition) is 4. The molecule has 0 unspecified atom stereocenters. The smallest absolute Gasteiger partial charge is 0.260 e. The first kappa shape index (κ1) is 20.0. The summed E-state index contributed by atoms with van der Waals surface area (Å²) in [5.74, 6) is 0.228. The molecule has 1 N–H and O–H groups in total. The number of nitrogens with zero attached hydrogens (tertiary/aromatic N) is 3. The van der Waals surface area contributed by atoms with Crippen molar-refractivity contribution in [3.8, 4) is 11.5 Å². The number of benzene rings is 3. The minimum Gasteiger partial charge on any atom is -0.436 e. The molecule has 0 spiro atoms. The number of aromatic nitrogens is 3. The molecule has 0 aliphatic heterocycles. The highest BCUT2D eigenvalue weighted by atomic mass is 35.5. The number of oxazole rings is 1. The normalized spacial score (nSPS) is 11.1. The molecular formula is C25H19ClN4O2. The fourth-order valence-electron chi connectivity index (χ4n) is 3.56. The lowest BCUT2D eigenvalue weighted by atomic mass is 10.2. The number of aryl methyl sites for hydroxylation is 1. The summed E-state index contributed by atoms with van der Waals surface area (Å²) >= 11 is 6.50. The SMILES string of the molecule is Cc1nn(Cc2ccccc2)c(Cl)c1C(=O)Nc1ccc(-c2nc3ccccc3o2)cc1. The van der Waals surface area contributed by atoms with Crippen LogP contribution >= 0.6 is 11.6 Å². The molecule has 5 aromatic rings. The van der Waals surface area contributed by atoms with E-state index in [1.54, 1.807) is 23.7 Å². The lowest BCUT2D eigenvalue weighted by Gasteiger charge is -2.06. The van der Waals surface area contributed by atoms with E-state index in [1.807, 2.05) is 66.7 Å². The van der Waals surface area contributed by atoms with Gasteiger partial charge in [0.1, 0.15) is 10.7 Å². The van der Waals surface area contributed by atoms with E-state index in [2.05, 4.69) is 15.4 Å². The van der Waals surface area contributed by atoms with E-state index in [0.29, 0.717) is 34.5 Å². The largest absolute Gasteiger partial charge is 0.436 e. The molecule has 5 rings (SSSR count). The van der Waals surface area contributed by atoms with Gasteiger partial charge in [0.15, 0.2) is 5.58 Å². The van der Waals surface area contributed by atoms with Crippen LogP contribution in [0.4, 0.5) is 5.69 Å². The summed E-state index contributed by atoms with van der Waals surface area (Å²) in [5, 5.41) is 7.65. The van der Waals surface area contributed by atoms with Gasteiger partial charge in [-0.2, -0.15) is 5.10 Å². The third-order valence-electron chi connectivity index (χ3n) is 5.15. The molecule has 0 saturated carbocycles. The van der Waals surface area contributed by atoms with Crippen LogP contribution in [-0.4, -0.2) is 20.7 Å². The molecule has 0 aliphatic carbocycles. The first-order valence-corrected chi connectivity index (χ1v) is 10.5. The highest BCUT2D eigenvalue weighted by molar-refractivity contribution is 6.33. The van der Waals surface area contributed by atoms with Crippen LogP contribution in [0.25, 0.3) is 22.6 Å². The molecule has 0 bridgehead atoms. The number of carbonyl (C=O) groups excluding carboxylic acids is 1. The first-order chi connectivity index (χ1) is 15.6. The summed E-state index contributed by atoms with van der Waals surface area (Å²) < 4.78 is 7.44. The molecule has 0 saturated heterocycles. The summed E-state index contributed by atoms with van der Waals surface area (Å²) in [5.41, 5.74) is 5.00. The molecule has 158 valence electrons. The molecular weight excluding hydrogens is 424 g/mol. The van der Waals surface area contributed by atoms with Crippen molar-refractivity contribution in [2.75, 3.05) is 5.32 Å². The molecule has 2 aromatic heterocycles. The number of rotatable bonds is 5. The summed E-state index contributed by atoms with van der Waals surface area (Å²) in [4.78, 5) is 17.4. The Morgan fingerprint density at radius 2 is 1.72 bits per heavy atom. The zero-order valence-corrected chi connectivity index (χ0v) is 18.0. The highest BCUT2D eigenvalue weighted by Gasteiger charge is 2.20. The standard InChI is InChI=1S/C25H19ClN4O2/c1-16-22(23(26)30(29-16)15-17-7-3-2-4-8-17)24(31)27-19-13-11-18(12-14-19)25-28-20-9-5-6-10-21(20)32-25/h2-14H,15H2,1H3,(H,27,31). The van der Waals surface area contributed by atoms with Crippen molar-refractivity contribution >= 4 is 34.3 Å². The fraction of sp³-hybridized carbons (Fsp3) is 0.0800. The summed E-state index contributed by atoms with van der Waals surface area (Å²) in [6, 6.07) is 24.8. The number of fused-ring (bicyclic) bond motifs is 1.